The van der Waals surface area contributed by atoms with Crippen LogP contribution in [0.1, 0.15) is 18.9 Å². The second kappa shape index (κ2) is 8.72. The molecule has 2 N–H and O–H groups in total. The van der Waals surface area contributed by atoms with Gasteiger partial charge in [0.25, 0.3) is 0 Å². The highest BCUT2D eigenvalue weighted by molar-refractivity contribution is 9.10. The third-order valence-electron chi connectivity index (χ3n) is 2.26. The second-order valence-electron chi connectivity index (χ2n) is 3.88. The van der Waals surface area contributed by atoms with Gasteiger partial charge in [0.1, 0.15) is 5.75 Å². The summed E-state index contributed by atoms with van der Waals surface area (Å²) in [6.07, 6.45) is 4.05. The quantitative estimate of drug-likeness (QED) is 0.756. The molecule has 0 radical (unpaired) electrons. The third-order valence-corrected chi connectivity index (χ3v) is 2.75. The predicted molar refractivity (Wildman–Crippen MR) is 79.1 cm³/mol. The molecular weight excluding hydrogens is 310 g/mol. The fraction of sp³-hybridized carbons (Fsp3) is 0.357. The van der Waals surface area contributed by atoms with E-state index in [1.807, 2.05) is 25.1 Å². The zero-order valence-corrected chi connectivity index (χ0v) is 12.4. The van der Waals surface area contributed by atoms with Gasteiger partial charge in [-0.15, -0.1) is 0 Å². The Hall–Kier alpha value is -1.33. The Balaban J connectivity index is 2.76. The maximum Gasteiger partial charge on any atom is 0.244 e. The molecule has 0 unspecified atom stereocenters. The molecule has 0 aliphatic carbocycles. The maximum atomic E-state index is 11.4. The molecule has 0 aliphatic heterocycles. The lowest BCUT2D eigenvalue weighted by Crippen LogP contribution is -2.24. The van der Waals surface area contributed by atoms with E-state index in [1.165, 1.54) is 6.08 Å². The molecule has 0 saturated heterocycles. The van der Waals surface area contributed by atoms with Crippen LogP contribution in [0.5, 0.6) is 5.75 Å². The van der Waals surface area contributed by atoms with E-state index in [4.69, 9.17) is 9.84 Å². The van der Waals surface area contributed by atoms with Crippen molar-refractivity contribution in [1.29, 1.82) is 0 Å². The number of halogens is 1. The molecule has 0 fully saturated rings. The summed E-state index contributed by atoms with van der Waals surface area (Å²) in [7, 11) is 0. The van der Waals surface area contributed by atoms with Crippen LogP contribution >= 0.6 is 15.9 Å². The standard InChI is InChI=1S/C14H18BrNO3/c1-2-9-19-13-5-4-12(15)10-11(13)3-6-14(18)16-7-8-17/h3-6,10,17H,2,7-9H2,1H3,(H,16,18). The lowest BCUT2D eigenvalue weighted by molar-refractivity contribution is -0.116. The van der Waals surface area contributed by atoms with Gasteiger partial charge in [-0.2, -0.15) is 0 Å². The van der Waals surface area contributed by atoms with Gasteiger partial charge in [0, 0.05) is 22.7 Å². The van der Waals surface area contributed by atoms with E-state index >= 15 is 0 Å². The smallest absolute Gasteiger partial charge is 0.244 e. The van der Waals surface area contributed by atoms with Gasteiger partial charge in [0.05, 0.1) is 13.2 Å². The summed E-state index contributed by atoms with van der Waals surface area (Å²) in [5.74, 6) is 0.506. The molecule has 0 saturated carbocycles. The first-order valence-corrected chi connectivity index (χ1v) is 6.95. The number of rotatable bonds is 7. The van der Waals surface area contributed by atoms with Crippen LogP contribution in [0.25, 0.3) is 6.08 Å². The van der Waals surface area contributed by atoms with Crippen molar-refractivity contribution in [3.8, 4) is 5.75 Å². The van der Waals surface area contributed by atoms with E-state index in [0.717, 1.165) is 22.2 Å². The molecule has 0 spiro atoms. The Morgan fingerprint density at radius 1 is 1.53 bits per heavy atom. The van der Waals surface area contributed by atoms with E-state index in [-0.39, 0.29) is 19.1 Å². The molecule has 104 valence electrons. The van der Waals surface area contributed by atoms with Crippen LogP contribution in [0.2, 0.25) is 0 Å². The second-order valence-corrected chi connectivity index (χ2v) is 4.79. The van der Waals surface area contributed by atoms with Gasteiger partial charge in [-0.25, -0.2) is 0 Å². The largest absolute Gasteiger partial charge is 0.493 e. The molecule has 1 aromatic rings. The van der Waals surface area contributed by atoms with Crippen molar-refractivity contribution in [3.05, 3.63) is 34.3 Å². The average Bonchev–Trinajstić information content (AvgIpc) is 2.41. The van der Waals surface area contributed by atoms with Crippen molar-refractivity contribution in [2.24, 2.45) is 0 Å². The normalized spacial score (nSPS) is 10.7. The number of amides is 1. The van der Waals surface area contributed by atoms with E-state index in [1.54, 1.807) is 6.08 Å². The Bertz CT molecular complexity index is 446. The first kappa shape index (κ1) is 15.7. The van der Waals surface area contributed by atoms with Crippen LogP contribution in [0, 0.1) is 0 Å². The number of benzene rings is 1. The van der Waals surface area contributed by atoms with Crippen molar-refractivity contribution in [2.75, 3.05) is 19.8 Å². The molecular formula is C14H18BrNO3. The van der Waals surface area contributed by atoms with Crippen LogP contribution < -0.4 is 10.1 Å². The van der Waals surface area contributed by atoms with Crippen molar-refractivity contribution in [1.82, 2.24) is 5.32 Å². The Morgan fingerprint density at radius 3 is 3.00 bits per heavy atom. The SMILES string of the molecule is CCCOc1ccc(Br)cc1C=CC(=O)NCCO. The van der Waals surface area contributed by atoms with Gasteiger partial charge in [0.2, 0.25) is 5.91 Å². The van der Waals surface area contributed by atoms with Crippen molar-refractivity contribution >= 4 is 27.9 Å². The van der Waals surface area contributed by atoms with E-state index in [2.05, 4.69) is 21.2 Å². The summed E-state index contributed by atoms with van der Waals surface area (Å²) in [5, 5.41) is 11.2. The summed E-state index contributed by atoms with van der Waals surface area (Å²) >= 11 is 3.39. The Labute approximate surface area is 121 Å². The highest BCUT2D eigenvalue weighted by atomic mass is 79.9. The first-order chi connectivity index (χ1) is 9.17. The summed E-state index contributed by atoms with van der Waals surface area (Å²) in [6.45, 7) is 2.86. The van der Waals surface area contributed by atoms with Crippen molar-refractivity contribution in [2.45, 2.75) is 13.3 Å². The lowest BCUT2D eigenvalue weighted by Gasteiger charge is -2.08. The minimum Gasteiger partial charge on any atom is -0.493 e. The lowest BCUT2D eigenvalue weighted by atomic mass is 10.2. The molecule has 5 heteroatoms. The van der Waals surface area contributed by atoms with Gasteiger partial charge in [-0.1, -0.05) is 22.9 Å². The number of carbonyl (C=O) groups excluding carboxylic acids is 1. The number of ether oxygens (including phenoxy) is 1. The molecule has 1 rings (SSSR count). The van der Waals surface area contributed by atoms with Crippen LogP contribution in [0.4, 0.5) is 0 Å². The summed E-state index contributed by atoms with van der Waals surface area (Å²) in [4.78, 5) is 11.4. The van der Waals surface area contributed by atoms with Gasteiger partial charge >= 0.3 is 0 Å². The summed E-state index contributed by atoms with van der Waals surface area (Å²) < 4.78 is 6.53. The highest BCUT2D eigenvalue weighted by Crippen LogP contribution is 2.24. The number of aliphatic hydroxyl groups excluding tert-OH is 1. The zero-order valence-electron chi connectivity index (χ0n) is 10.9. The molecule has 0 atom stereocenters. The predicted octanol–water partition coefficient (Wildman–Crippen LogP) is 2.36. The minimum atomic E-state index is -0.240. The molecule has 19 heavy (non-hydrogen) atoms. The fourth-order valence-electron chi connectivity index (χ4n) is 1.40. The van der Waals surface area contributed by atoms with E-state index in [0.29, 0.717) is 6.61 Å². The van der Waals surface area contributed by atoms with Crippen LogP contribution in [-0.2, 0) is 4.79 Å². The molecule has 0 aliphatic rings. The number of aliphatic hydroxyl groups is 1. The van der Waals surface area contributed by atoms with Crippen LogP contribution in [-0.4, -0.2) is 30.8 Å². The Kier molecular flexibility index (Phi) is 7.22. The number of hydrogen-bond acceptors (Lipinski definition) is 3. The monoisotopic (exact) mass is 327 g/mol. The fourth-order valence-corrected chi connectivity index (χ4v) is 1.78. The van der Waals surface area contributed by atoms with Gasteiger partial charge < -0.3 is 15.2 Å². The molecule has 4 nitrogen and oxygen atoms in total. The molecule has 1 amide bonds. The van der Waals surface area contributed by atoms with E-state index < -0.39 is 0 Å². The van der Waals surface area contributed by atoms with Gasteiger partial charge in [-0.05, 0) is 30.7 Å². The molecule has 0 bridgehead atoms. The Morgan fingerprint density at radius 2 is 2.32 bits per heavy atom. The van der Waals surface area contributed by atoms with Crippen molar-refractivity contribution < 1.29 is 14.6 Å². The molecule has 0 heterocycles. The topological polar surface area (TPSA) is 58.6 Å². The maximum absolute atomic E-state index is 11.4. The molecule has 1 aromatic carbocycles. The zero-order chi connectivity index (χ0) is 14.1. The average molecular weight is 328 g/mol. The molecule has 0 aromatic heterocycles. The number of nitrogens with one attached hydrogen (secondary N) is 1. The van der Waals surface area contributed by atoms with Crippen LogP contribution in [0.15, 0.2) is 28.7 Å². The van der Waals surface area contributed by atoms with Gasteiger partial charge in [-0.3, -0.25) is 4.79 Å². The first-order valence-electron chi connectivity index (χ1n) is 6.16. The van der Waals surface area contributed by atoms with Gasteiger partial charge in [0.15, 0.2) is 0 Å². The highest BCUT2D eigenvalue weighted by Gasteiger charge is 2.02. The minimum absolute atomic E-state index is 0.0681. The van der Waals surface area contributed by atoms with Crippen LogP contribution in [0.3, 0.4) is 0 Å². The number of carbonyl (C=O) groups is 1. The summed E-state index contributed by atoms with van der Waals surface area (Å²) in [5.41, 5.74) is 0.835. The van der Waals surface area contributed by atoms with E-state index in [9.17, 15) is 4.79 Å². The third kappa shape index (κ3) is 5.89. The summed E-state index contributed by atoms with van der Waals surface area (Å²) in [6, 6.07) is 5.65. The number of hydrogen-bond donors (Lipinski definition) is 2. The van der Waals surface area contributed by atoms with Crippen molar-refractivity contribution in [3.63, 3.8) is 0 Å².